The van der Waals surface area contributed by atoms with Crippen molar-refractivity contribution in [3.8, 4) is 16.5 Å². The molecular weight excluding hydrogens is 357 g/mol. The number of carbonyl (C=O) groups is 1. The quantitative estimate of drug-likeness (QED) is 0.761. The van der Waals surface area contributed by atoms with Crippen molar-refractivity contribution in [2.75, 3.05) is 5.32 Å². The van der Waals surface area contributed by atoms with Crippen molar-refractivity contribution in [1.82, 2.24) is 15.2 Å². The lowest BCUT2D eigenvalue weighted by Crippen LogP contribution is -2.17. The molecule has 0 fully saturated rings. The van der Waals surface area contributed by atoms with Crippen LogP contribution in [0.2, 0.25) is 0 Å². The van der Waals surface area contributed by atoms with E-state index in [2.05, 4.69) is 25.2 Å². The largest absolute Gasteiger partial charge is 0.573 e. The number of benzene rings is 1. The highest BCUT2D eigenvalue weighted by Crippen LogP contribution is 2.25. The molecule has 2 aromatic heterocycles. The molecule has 1 aromatic carbocycles. The van der Waals surface area contributed by atoms with Crippen molar-refractivity contribution >= 4 is 22.4 Å². The predicted octanol–water partition coefficient (Wildman–Crippen LogP) is 3.75. The molecular formula is C15H9F3N4O2S. The van der Waals surface area contributed by atoms with Crippen LogP contribution in [-0.2, 0) is 0 Å². The zero-order valence-electron chi connectivity index (χ0n) is 12.3. The second kappa shape index (κ2) is 6.85. The van der Waals surface area contributed by atoms with Gasteiger partial charge in [0.25, 0.3) is 5.91 Å². The minimum atomic E-state index is -4.78. The van der Waals surface area contributed by atoms with E-state index in [1.54, 1.807) is 24.4 Å². The van der Waals surface area contributed by atoms with Gasteiger partial charge in [-0.15, -0.1) is 23.4 Å². The van der Waals surface area contributed by atoms with Crippen LogP contribution in [0.5, 0.6) is 5.75 Å². The Hall–Kier alpha value is -3.01. The zero-order chi connectivity index (χ0) is 17.9. The normalized spacial score (nSPS) is 11.2. The SMILES string of the molecule is O=C(Nc1nnc(-c2ccccn2)s1)c1ccc(OC(F)(F)F)cc1. The number of nitrogens with zero attached hydrogens (tertiary/aromatic N) is 3. The summed E-state index contributed by atoms with van der Waals surface area (Å²) in [5.41, 5.74) is 0.776. The summed E-state index contributed by atoms with van der Waals surface area (Å²) in [5.74, 6) is -0.931. The monoisotopic (exact) mass is 366 g/mol. The number of nitrogens with one attached hydrogen (secondary N) is 1. The lowest BCUT2D eigenvalue weighted by molar-refractivity contribution is -0.274. The molecule has 10 heteroatoms. The number of pyridine rings is 1. The lowest BCUT2D eigenvalue weighted by Gasteiger charge is -2.08. The van der Waals surface area contributed by atoms with Crippen molar-refractivity contribution < 1.29 is 22.7 Å². The van der Waals surface area contributed by atoms with Gasteiger partial charge in [0.15, 0.2) is 5.01 Å². The minimum Gasteiger partial charge on any atom is -0.406 e. The summed E-state index contributed by atoms with van der Waals surface area (Å²) in [5, 5.41) is 11.1. The Morgan fingerprint density at radius 1 is 1.08 bits per heavy atom. The molecule has 1 N–H and O–H groups in total. The van der Waals surface area contributed by atoms with Gasteiger partial charge in [-0.05, 0) is 36.4 Å². The molecule has 2 heterocycles. The van der Waals surface area contributed by atoms with E-state index in [-0.39, 0.29) is 10.7 Å². The fourth-order valence-corrected chi connectivity index (χ4v) is 2.56. The van der Waals surface area contributed by atoms with Crippen LogP contribution in [0, 0.1) is 0 Å². The summed E-state index contributed by atoms with van der Waals surface area (Å²) in [6.07, 6.45) is -3.17. The fraction of sp³-hybridized carbons (Fsp3) is 0.0667. The van der Waals surface area contributed by atoms with Gasteiger partial charge in [0, 0.05) is 11.8 Å². The second-order valence-electron chi connectivity index (χ2n) is 4.65. The molecule has 0 bridgehead atoms. The van der Waals surface area contributed by atoms with Crippen LogP contribution >= 0.6 is 11.3 Å². The van der Waals surface area contributed by atoms with Gasteiger partial charge >= 0.3 is 6.36 Å². The van der Waals surface area contributed by atoms with Gasteiger partial charge in [-0.1, -0.05) is 17.4 Å². The Balaban J connectivity index is 1.67. The maximum absolute atomic E-state index is 12.1. The molecule has 0 aliphatic heterocycles. The van der Waals surface area contributed by atoms with E-state index in [1.807, 2.05) is 0 Å². The minimum absolute atomic E-state index is 0.157. The molecule has 3 rings (SSSR count). The molecule has 3 aromatic rings. The van der Waals surface area contributed by atoms with E-state index in [9.17, 15) is 18.0 Å². The number of amides is 1. The van der Waals surface area contributed by atoms with Crippen molar-refractivity contribution in [3.05, 3.63) is 54.2 Å². The van der Waals surface area contributed by atoms with E-state index < -0.39 is 18.0 Å². The lowest BCUT2D eigenvalue weighted by atomic mass is 10.2. The molecule has 0 unspecified atom stereocenters. The first-order valence-electron chi connectivity index (χ1n) is 6.83. The van der Waals surface area contributed by atoms with Crippen molar-refractivity contribution in [2.45, 2.75) is 6.36 Å². The van der Waals surface area contributed by atoms with E-state index in [4.69, 9.17) is 0 Å². The van der Waals surface area contributed by atoms with Crippen LogP contribution in [-0.4, -0.2) is 27.5 Å². The predicted molar refractivity (Wildman–Crippen MR) is 84.2 cm³/mol. The third-order valence-corrected chi connectivity index (χ3v) is 3.74. The molecule has 6 nitrogen and oxygen atoms in total. The van der Waals surface area contributed by atoms with Crippen LogP contribution in [0.25, 0.3) is 10.7 Å². The molecule has 128 valence electrons. The number of anilines is 1. The maximum atomic E-state index is 12.1. The van der Waals surface area contributed by atoms with Gasteiger partial charge in [0.1, 0.15) is 11.4 Å². The summed E-state index contributed by atoms with van der Waals surface area (Å²) in [6.45, 7) is 0. The number of carbonyl (C=O) groups excluding carboxylic acids is 1. The summed E-state index contributed by atoms with van der Waals surface area (Å²) in [7, 11) is 0. The first-order chi connectivity index (χ1) is 11.9. The first-order valence-corrected chi connectivity index (χ1v) is 7.64. The Bertz CT molecular complexity index is 866. The van der Waals surface area contributed by atoms with Gasteiger partial charge in [-0.25, -0.2) is 0 Å². The number of alkyl halides is 3. The average molecular weight is 366 g/mol. The summed E-state index contributed by atoms with van der Waals surface area (Å²) >= 11 is 1.13. The smallest absolute Gasteiger partial charge is 0.406 e. The highest BCUT2D eigenvalue weighted by molar-refractivity contribution is 7.18. The molecule has 0 saturated carbocycles. The zero-order valence-corrected chi connectivity index (χ0v) is 13.1. The number of rotatable bonds is 4. The van der Waals surface area contributed by atoms with Crippen LogP contribution in [0.15, 0.2) is 48.7 Å². The molecule has 25 heavy (non-hydrogen) atoms. The highest BCUT2D eigenvalue weighted by atomic mass is 32.1. The van der Waals surface area contributed by atoms with Crippen molar-refractivity contribution in [1.29, 1.82) is 0 Å². The molecule has 0 aliphatic rings. The Labute approximate surface area is 143 Å². The second-order valence-corrected chi connectivity index (χ2v) is 5.63. The van der Waals surface area contributed by atoms with E-state index in [1.165, 1.54) is 12.1 Å². The van der Waals surface area contributed by atoms with Crippen molar-refractivity contribution in [3.63, 3.8) is 0 Å². The molecule has 0 atom stereocenters. The Morgan fingerprint density at radius 3 is 2.48 bits per heavy atom. The number of hydrogen-bond donors (Lipinski definition) is 1. The van der Waals surface area contributed by atoms with Crippen LogP contribution in [0.4, 0.5) is 18.3 Å². The maximum Gasteiger partial charge on any atom is 0.573 e. The number of aromatic nitrogens is 3. The van der Waals surface area contributed by atoms with Crippen LogP contribution in [0.3, 0.4) is 0 Å². The van der Waals surface area contributed by atoms with Crippen LogP contribution < -0.4 is 10.1 Å². The highest BCUT2D eigenvalue weighted by Gasteiger charge is 2.31. The summed E-state index contributed by atoms with van der Waals surface area (Å²) in [6, 6.07) is 9.87. The van der Waals surface area contributed by atoms with Gasteiger partial charge in [0.2, 0.25) is 5.13 Å². The van der Waals surface area contributed by atoms with Gasteiger partial charge in [0.05, 0.1) is 0 Å². The number of ether oxygens (including phenoxy) is 1. The average Bonchev–Trinajstić information content (AvgIpc) is 3.03. The molecule has 0 aliphatic carbocycles. The summed E-state index contributed by atoms with van der Waals surface area (Å²) < 4.78 is 40.1. The summed E-state index contributed by atoms with van der Waals surface area (Å²) in [4.78, 5) is 16.2. The van der Waals surface area contributed by atoms with E-state index >= 15 is 0 Å². The number of hydrogen-bond acceptors (Lipinski definition) is 6. The topological polar surface area (TPSA) is 77.0 Å². The third kappa shape index (κ3) is 4.51. The van der Waals surface area contributed by atoms with E-state index in [0.717, 1.165) is 23.5 Å². The van der Waals surface area contributed by atoms with Gasteiger partial charge < -0.3 is 4.74 Å². The first kappa shape index (κ1) is 16.8. The van der Waals surface area contributed by atoms with Gasteiger partial charge in [-0.3, -0.25) is 15.1 Å². The van der Waals surface area contributed by atoms with Crippen LogP contribution in [0.1, 0.15) is 10.4 Å². The molecule has 0 radical (unpaired) electrons. The number of halogens is 3. The van der Waals surface area contributed by atoms with Crippen molar-refractivity contribution in [2.24, 2.45) is 0 Å². The standard InChI is InChI=1S/C15H9F3N4O2S/c16-15(17,18)24-10-6-4-9(5-7-10)12(23)20-14-22-21-13(25-14)11-3-1-2-8-19-11/h1-8H,(H,20,22,23). The molecule has 1 amide bonds. The van der Waals surface area contributed by atoms with Gasteiger partial charge in [-0.2, -0.15) is 0 Å². The molecule has 0 spiro atoms. The Morgan fingerprint density at radius 2 is 1.84 bits per heavy atom. The molecule has 0 saturated heterocycles. The fourth-order valence-electron chi connectivity index (χ4n) is 1.84. The third-order valence-electron chi connectivity index (χ3n) is 2.88. The van der Waals surface area contributed by atoms with E-state index in [0.29, 0.717) is 10.7 Å². The Kier molecular flexibility index (Phi) is 4.61.